The average Bonchev–Trinajstić information content (AvgIpc) is 2.41. The van der Waals surface area contributed by atoms with Crippen LogP contribution >= 0.6 is 0 Å². The lowest BCUT2D eigenvalue weighted by molar-refractivity contribution is -0.125. The van der Waals surface area contributed by atoms with Crippen LogP contribution < -0.4 is 10.6 Å². The molecule has 0 aliphatic carbocycles. The van der Waals surface area contributed by atoms with E-state index in [1.807, 2.05) is 0 Å². The summed E-state index contributed by atoms with van der Waals surface area (Å²) in [7, 11) is 0. The Hall–Kier alpha value is -0.730. The fourth-order valence-electron chi connectivity index (χ4n) is 2.36. The van der Waals surface area contributed by atoms with Crippen LogP contribution in [0.2, 0.25) is 0 Å². The van der Waals surface area contributed by atoms with E-state index in [0.717, 1.165) is 12.8 Å². The van der Waals surface area contributed by atoms with E-state index in [2.05, 4.69) is 17.6 Å². The minimum atomic E-state index is -1.14. The molecular formula is C13H26N2O5. The van der Waals surface area contributed by atoms with Crippen LogP contribution in [-0.2, 0) is 9.53 Å². The summed E-state index contributed by atoms with van der Waals surface area (Å²) in [5, 5.41) is 34.8. The van der Waals surface area contributed by atoms with Crippen LogP contribution in [0.25, 0.3) is 0 Å². The van der Waals surface area contributed by atoms with Crippen molar-refractivity contribution >= 4 is 5.91 Å². The predicted octanol–water partition coefficient (Wildman–Crippen LogP) is -1.64. The summed E-state index contributed by atoms with van der Waals surface area (Å²) in [5.74, 6) is -0.288. The molecule has 0 bridgehead atoms. The van der Waals surface area contributed by atoms with Gasteiger partial charge in [-0.15, -0.1) is 0 Å². The van der Waals surface area contributed by atoms with Crippen LogP contribution in [0.4, 0.5) is 0 Å². The van der Waals surface area contributed by atoms with Crippen LogP contribution in [0.3, 0.4) is 0 Å². The summed E-state index contributed by atoms with van der Waals surface area (Å²) in [6.45, 7) is 4.02. The van der Waals surface area contributed by atoms with E-state index in [-0.39, 0.29) is 18.6 Å². The molecule has 1 amide bonds. The molecule has 1 fully saturated rings. The Labute approximate surface area is 119 Å². The second-order valence-electron chi connectivity index (χ2n) is 5.20. The Kier molecular flexibility index (Phi) is 7.39. The fraction of sp³-hybridized carbons (Fsp3) is 0.923. The summed E-state index contributed by atoms with van der Waals surface area (Å²) < 4.78 is 5.51. The van der Waals surface area contributed by atoms with Gasteiger partial charge in [-0.3, -0.25) is 4.79 Å². The molecule has 1 aliphatic rings. The van der Waals surface area contributed by atoms with Crippen molar-refractivity contribution in [3.63, 3.8) is 0 Å². The summed E-state index contributed by atoms with van der Waals surface area (Å²) in [6.07, 6.45) is -0.319. The van der Waals surface area contributed by atoms with Crippen molar-refractivity contribution in [2.24, 2.45) is 0 Å². The van der Waals surface area contributed by atoms with Gasteiger partial charge in [0.2, 0.25) is 5.91 Å². The molecule has 5 atom stereocenters. The van der Waals surface area contributed by atoms with Crippen molar-refractivity contribution < 1.29 is 24.9 Å². The van der Waals surface area contributed by atoms with E-state index < -0.39 is 24.3 Å². The summed E-state index contributed by atoms with van der Waals surface area (Å²) >= 11 is 0. The van der Waals surface area contributed by atoms with Crippen molar-refractivity contribution in [1.82, 2.24) is 10.6 Å². The zero-order chi connectivity index (χ0) is 15.1. The molecule has 7 nitrogen and oxygen atoms in total. The highest BCUT2D eigenvalue weighted by Crippen LogP contribution is 2.16. The third kappa shape index (κ3) is 4.68. The lowest BCUT2D eigenvalue weighted by Gasteiger charge is -2.43. The third-order valence-corrected chi connectivity index (χ3v) is 3.50. The smallest absolute Gasteiger partial charge is 0.217 e. The number of aliphatic hydroxyl groups excluding tert-OH is 3. The number of amides is 1. The predicted molar refractivity (Wildman–Crippen MR) is 73.1 cm³/mol. The summed E-state index contributed by atoms with van der Waals surface area (Å²) in [4.78, 5) is 11.2. The van der Waals surface area contributed by atoms with Gasteiger partial charge in [0.15, 0.2) is 0 Å². The molecule has 0 aromatic heterocycles. The topological polar surface area (TPSA) is 111 Å². The lowest BCUT2D eigenvalue weighted by atomic mass is 9.88. The normalized spacial score (nSPS) is 34.0. The van der Waals surface area contributed by atoms with Gasteiger partial charge in [-0.2, -0.15) is 0 Å². The molecule has 5 N–H and O–H groups in total. The van der Waals surface area contributed by atoms with Crippen LogP contribution in [0.15, 0.2) is 0 Å². The second-order valence-corrected chi connectivity index (χ2v) is 5.20. The van der Waals surface area contributed by atoms with E-state index >= 15 is 0 Å². The first-order valence-corrected chi connectivity index (χ1v) is 7.09. The Balaban J connectivity index is 2.65. The maximum absolute atomic E-state index is 11.2. The number of nitrogens with one attached hydrogen (secondary N) is 2. The van der Waals surface area contributed by atoms with Gasteiger partial charge < -0.3 is 30.7 Å². The van der Waals surface area contributed by atoms with E-state index in [9.17, 15) is 20.1 Å². The molecular weight excluding hydrogens is 264 g/mol. The highest BCUT2D eigenvalue weighted by atomic mass is 16.5. The molecule has 0 aromatic carbocycles. The highest BCUT2D eigenvalue weighted by Gasteiger charge is 2.43. The molecule has 0 radical (unpaired) electrons. The number of unbranched alkanes of at least 4 members (excludes halogenated alkanes) is 1. The van der Waals surface area contributed by atoms with E-state index in [1.165, 1.54) is 6.92 Å². The Bertz CT molecular complexity index is 302. The van der Waals surface area contributed by atoms with Crippen molar-refractivity contribution in [3.8, 4) is 0 Å². The first-order valence-electron chi connectivity index (χ1n) is 7.09. The minimum Gasteiger partial charge on any atom is -0.395 e. The maximum Gasteiger partial charge on any atom is 0.217 e. The molecule has 7 heteroatoms. The quantitative estimate of drug-likeness (QED) is 0.360. The molecule has 1 aliphatic heterocycles. The van der Waals surface area contributed by atoms with Gasteiger partial charge in [0.05, 0.1) is 37.4 Å². The van der Waals surface area contributed by atoms with Gasteiger partial charge in [0.1, 0.15) is 6.10 Å². The van der Waals surface area contributed by atoms with Gasteiger partial charge in [0, 0.05) is 13.5 Å². The highest BCUT2D eigenvalue weighted by molar-refractivity contribution is 5.73. The van der Waals surface area contributed by atoms with Gasteiger partial charge in [0.25, 0.3) is 0 Å². The first-order chi connectivity index (χ1) is 9.51. The first kappa shape index (κ1) is 17.3. The molecule has 1 saturated heterocycles. The van der Waals surface area contributed by atoms with Crippen LogP contribution in [-0.4, -0.2) is 71.4 Å². The van der Waals surface area contributed by atoms with Crippen molar-refractivity contribution in [2.75, 3.05) is 19.8 Å². The number of hydrogen-bond donors (Lipinski definition) is 5. The Morgan fingerprint density at radius 3 is 2.55 bits per heavy atom. The van der Waals surface area contributed by atoms with E-state index in [4.69, 9.17) is 4.74 Å². The molecule has 1 rings (SSSR count). The van der Waals surface area contributed by atoms with Gasteiger partial charge in [-0.1, -0.05) is 13.3 Å². The zero-order valence-electron chi connectivity index (χ0n) is 12.1. The van der Waals surface area contributed by atoms with Crippen LogP contribution in [0.1, 0.15) is 26.7 Å². The number of ether oxygens (including phenoxy) is 1. The zero-order valence-corrected chi connectivity index (χ0v) is 12.1. The molecule has 0 aromatic rings. The standard InChI is InChI=1S/C13H26N2O5/c1-3-4-5-20-7-10-11(14-8(2)17)13(19)12(18)9(6-16)15-10/h9-13,15-16,18-19H,3-7H2,1-2H3,(H,14,17)/t9-,10-,11+,12-,13-/m1/s1. The number of aliphatic hydroxyl groups is 3. The maximum atomic E-state index is 11.2. The van der Waals surface area contributed by atoms with Crippen molar-refractivity contribution in [3.05, 3.63) is 0 Å². The average molecular weight is 290 g/mol. The van der Waals surface area contributed by atoms with E-state index in [0.29, 0.717) is 13.2 Å². The molecule has 1 heterocycles. The van der Waals surface area contributed by atoms with Crippen LogP contribution in [0.5, 0.6) is 0 Å². The van der Waals surface area contributed by atoms with Gasteiger partial charge in [-0.05, 0) is 6.42 Å². The second kappa shape index (κ2) is 8.53. The lowest BCUT2D eigenvalue weighted by Crippen LogP contribution is -2.71. The van der Waals surface area contributed by atoms with Gasteiger partial charge in [-0.25, -0.2) is 0 Å². The molecule has 0 saturated carbocycles. The summed E-state index contributed by atoms with van der Waals surface area (Å²) in [6, 6.07) is -1.63. The monoisotopic (exact) mass is 290 g/mol. The molecule has 0 spiro atoms. The molecule has 118 valence electrons. The van der Waals surface area contributed by atoms with Gasteiger partial charge >= 0.3 is 0 Å². The Morgan fingerprint density at radius 1 is 1.30 bits per heavy atom. The number of piperidine rings is 1. The van der Waals surface area contributed by atoms with Crippen molar-refractivity contribution in [2.45, 2.75) is 57.0 Å². The van der Waals surface area contributed by atoms with E-state index in [1.54, 1.807) is 0 Å². The minimum absolute atomic E-state index is 0.288. The largest absolute Gasteiger partial charge is 0.395 e. The number of rotatable bonds is 7. The third-order valence-electron chi connectivity index (χ3n) is 3.50. The number of carbonyl (C=O) groups excluding carboxylic acids is 1. The SMILES string of the molecule is CCCCOC[C@H]1N[C@H](CO)[C@@H](O)[C@H](O)[C@H]1NC(C)=O. The fourth-order valence-corrected chi connectivity index (χ4v) is 2.36. The van der Waals surface area contributed by atoms with Crippen LogP contribution in [0, 0.1) is 0 Å². The number of hydrogen-bond acceptors (Lipinski definition) is 6. The summed E-state index contributed by atoms with van der Waals surface area (Å²) in [5.41, 5.74) is 0. The number of carbonyl (C=O) groups is 1. The Morgan fingerprint density at radius 2 is 2.00 bits per heavy atom. The van der Waals surface area contributed by atoms with Crippen molar-refractivity contribution in [1.29, 1.82) is 0 Å². The molecule has 0 unspecified atom stereocenters. The molecule has 20 heavy (non-hydrogen) atoms.